The molecule has 2 heterocycles. The van der Waals surface area contributed by atoms with Crippen LogP contribution in [-0.4, -0.2) is 61.6 Å². The van der Waals surface area contributed by atoms with Gasteiger partial charge in [-0.3, -0.25) is 9.69 Å². The molecule has 2 atom stereocenters. The van der Waals surface area contributed by atoms with Gasteiger partial charge in [0.2, 0.25) is 5.91 Å². The first-order chi connectivity index (χ1) is 10.5. The van der Waals surface area contributed by atoms with E-state index in [2.05, 4.69) is 4.90 Å². The molecule has 1 aromatic rings. The molecular weight excluding hydrogens is 290 g/mol. The first-order valence-corrected chi connectivity index (χ1v) is 7.53. The maximum absolute atomic E-state index is 13.7. The van der Waals surface area contributed by atoms with E-state index in [0.717, 1.165) is 6.54 Å². The average Bonchev–Trinajstić information content (AvgIpc) is 2.71. The number of rotatable bonds is 2. The van der Waals surface area contributed by atoms with Gasteiger partial charge in [-0.25, -0.2) is 8.78 Å². The van der Waals surface area contributed by atoms with Crippen LogP contribution in [0.1, 0.15) is 5.56 Å². The third kappa shape index (κ3) is 3.13. The first kappa shape index (κ1) is 15.4. The molecule has 0 spiro atoms. The minimum Gasteiger partial charge on any atom is -0.379 e. The number of nitrogens with zero attached hydrogens (tertiary/aromatic N) is 2. The molecule has 6 heteroatoms. The zero-order chi connectivity index (χ0) is 15.7. The lowest BCUT2D eigenvalue weighted by molar-refractivity contribution is -0.132. The van der Waals surface area contributed by atoms with E-state index in [0.29, 0.717) is 26.3 Å². The summed E-state index contributed by atoms with van der Waals surface area (Å²) in [5.74, 6) is -1.31. The second kappa shape index (κ2) is 6.30. The Balaban J connectivity index is 1.75. The summed E-state index contributed by atoms with van der Waals surface area (Å²) in [6.45, 7) is 3.21. The van der Waals surface area contributed by atoms with Gasteiger partial charge in [0.1, 0.15) is 11.6 Å². The van der Waals surface area contributed by atoms with Crippen LogP contribution in [0.4, 0.5) is 8.78 Å². The van der Waals surface area contributed by atoms with Gasteiger partial charge in [-0.05, 0) is 19.2 Å². The highest BCUT2D eigenvalue weighted by molar-refractivity contribution is 5.79. The number of ether oxygens (including phenoxy) is 1. The molecule has 2 fully saturated rings. The number of carbonyl (C=O) groups excluding carboxylic acids is 1. The molecule has 0 saturated carbocycles. The van der Waals surface area contributed by atoms with Crippen LogP contribution in [0.25, 0.3) is 0 Å². The second-order valence-electron chi connectivity index (χ2n) is 6.17. The summed E-state index contributed by atoms with van der Waals surface area (Å²) in [5.41, 5.74) is -0.147. The normalized spacial score (nSPS) is 25.9. The molecule has 4 nitrogen and oxygen atoms in total. The highest BCUT2D eigenvalue weighted by Crippen LogP contribution is 2.20. The van der Waals surface area contributed by atoms with Crippen LogP contribution in [0.2, 0.25) is 0 Å². The average molecular weight is 310 g/mol. The second-order valence-corrected chi connectivity index (χ2v) is 6.17. The number of amides is 1. The highest BCUT2D eigenvalue weighted by atomic mass is 19.1. The van der Waals surface area contributed by atoms with Crippen LogP contribution in [-0.2, 0) is 16.0 Å². The molecule has 2 aliphatic heterocycles. The van der Waals surface area contributed by atoms with Gasteiger partial charge in [0.25, 0.3) is 0 Å². The summed E-state index contributed by atoms with van der Waals surface area (Å²) >= 11 is 0. The topological polar surface area (TPSA) is 32.8 Å². The van der Waals surface area contributed by atoms with Crippen molar-refractivity contribution in [2.75, 3.05) is 39.9 Å². The Hall–Kier alpha value is -1.53. The lowest BCUT2D eigenvalue weighted by atomic mass is 10.1. The van der Waals surface area contributed by atoms with E-state index in [9.17, 15) is 13.6 Å². The Morgan fingerprint density at radius 3 is 2.68 bits per heavy atom. The van der Waals surface area contributed by atoms with Gasteiger partial charge in [0.15, 0.2) is 0 Å². The van der Waals surface area contributed by atoms with Crippen LogP contribution in [0.15, 0.2) is 18.2 Å². The smallest absolute Gasteiger partial charge is 0.227 e. The van der Waals surface area contributed by atoms with E-state index >= 15 is 0 Å². The highest BCUT2D eigenvalue weighted by Gasteiger charge is 2.33. The summed E-state index contributed by atoms with van der Waals surface area (Å²) < 4.78 is 33.0. The zero-order valence-corrected chi connectivity index (χ0v) is 12.6. The Labute approximate surface area is 128 Å². The molecule has 2 saturated heterocycles. The molecule has 3 rings (SSSR count). The largest absolute Gasteiger partial charge is 0.379 e. The third-order valence-corrected chi connectivity index (χ3v) is 4.49. The quantitative estimate of drug-likeness (QED) is 0.825. The molecule has 0 N–H and O–H groups in total. The van der Waals surface area contributed by atoms with Gasteiger partial charge >= 0.3 is 0 Å². The van der Waals surface area contributed by atoms with Gasteiger partial charge < -0.3 is 9.64 Å². The molecule has 0 radical (unpaired) electrons. The monoisotopic (exact) mass is 310 g/mol. The van der Waals surface area contributed by atoms with Crippen molar-refractivity contribution >= 4 is 5.91 Å². The Bertz CT molecular complexity index is 547. The summed E-state index contributed by atoms with van der Waals surface area (Å²) in [6.07, 6.45) is -0.234. The number of carbonyl (C=O) groups is 1. The van der Waals surface area contributed by atoms with Crippen molar-refractivity contribution in [3.05, 3.63) is 35.4 Å². The van der Waals surface area contributed by atoms with Crippen LogP contribution in [0.3, 0.4) is 0 Å². The van der Waals surface area contributed by atoms with Gasteiger partial charge in [-0.15, -0.1) is 0 Å². The first-order valence-electron chi connectivity index (χ1n) is 7.53. The summed E-state index contributed by atoms with van der Waals surface area (Å²) in [7, 11) is 2.02. The number of fused-ring (bicyclic) bond motifs is 3. The van der Waals surface area contributed by atoms with Crippen LogP contribution in [0.5, 0.6) is 0 Å². The molecule has 2 bridgehead atoms. The van der Waals surface area contributed by atoms with Gasteiger partial charge in [-0.1, -0.05) is 6.07 Å². The lowest BCUT2D eigenvalue weighted by Gasteiger charge is -2.30. The van der Waals surface area contributed by atoms with E-state index in [1.807, 2.05) is 7.05 Å². The molecule has 120 valence electrons. The minimum absolute atomic E-state index is 0.141. The van der Waals surface area contributed by atoms with Gasteiger partial charge in [-0.2, -0.15) is 0 Å². The van der Waals surface area contributed by atoms with Crippen molar-refractivity contribution in [2.24, 2.45) is 5.92 Å². The lowest BCUT2D eigenvalue weighted by Crippen LogP contribution is -2.45. The molecule has 2 aliphatic rings. The SMILES string of the molecule is CN1C[C@H]2COC[C@@H]1CN(C(=O)Cc1c(F)cccc1F)C2. The minimum atomic E-state index is -0.663. The maximum Gasteiger partial charge on any atom is 0.227 e. The maximum atomic E-state index is 13.7. The fraction of sp³-hybridized carbons (Fsp3) is 0.562. The van der Waals surface area contributed by atoms with Crippen LogP contribution >= 0.6 is 0 Å². The predicted octanol–water partition coefficient (Wildman–Crippen LogP) is 1.30. The number of hydrogen-bond donors (Lipinski definition) is 0. The summed E-state index contributed by atoms with van der Waals surface area (Å²) in [4.78, 5) is 16.4. The van der Waals surface area contributed by atoms with Crippen molar-refractivity contribution in [1.29, 1.82) is 0 Å². The number of likely N-dealkylation sites (N-methyl/N-ethyl adjacent to an activating group) is 1. The summed E-state index contributed by atoms with van der Waals surface area (Å²) in [5, 5.41) is 0. The van der Waals surface area contributed by atoms with E-state index in [1.165, 1.54) is 18.2 Å². The molecule has 1 amide bonds. The molecule has 0 unspecified atom stereocenters. The van der Waals surface area contributed by atoms with Crippen LogP contribution < -0.4 is 0 Å². The van der Waals surface area contributed by atoms with Crippen molar-refractivity contribution < 1.29 is 18.3 Å². The Morgan fingerprint density at radius 2 is 1.95 bits per heavy atom. The van der Waals surface area contributed by atoms with E-state index in [4.69, 9.17) is 4.74 Å². The fourth-order valence-electron chi connectivity index (χ4n) is 3.22. The number of halogens is 2. The molecule has 0 aromatic heterocycles. The fourth-order valence-corrected chi connectivity index (χ4v) is 3.22. The molecule has 1 aromatic carbocycles. The van der Waals surface area contributed by atoms with Gasteiger partial charge in [0.05, 0.1) is 25.7 Å². The Morgan fingerprint density at radius 1 is 1.23 bits per heavy atom. The van der Waals surface area contributed by atoms with Crippen molar-refractivity contribution in [2.45, 2.75) is 12.5 Å². The van der Waals surface area contributed by atoms with E-state index in [-0.39, 0.29) is 29.9 Å². The van der Waals surface area contributed by atoms with E-state index < -0.39 is 11.6 Å². The number of hydrogen-bond acceptors (Lipinski definition) is 3. The zero-order valence-electron chi connectivity index (χ0n) is 12.6. The van der Waals surface area contributed by atoms with Gasteiger partial charge in [0, 0.05) is 31.1 Å². The van der Waals surface area contributed by atoms with Crippen LogP contribution in [0, 0.1) is 17.6 Å². The number of benzene rings is 1. The molecule has 0 aliphatic carbocycles. The Kier molecular flexibility index (Phi) is 4.40. The van der Waals surface area contributed by atoms with Crippen molar-refractivity contribution in [3.8, 4) is 0 Å². The predicted molar refractivity (Wildman–Crippen MR) is 77.4 cm³/mol. The van der Waals surface area contributed by atoms with E-state index in [1.54, 1.807) is 4.90 Å². The summed E-state index contributed by atoms with van der Waals surface area (Å²) in [6, 6.07) is 3.82. The third-order valence-electron chi connectivity index (χ3n) is 4.49. The standard InChI is InChI=1S/C16H20F2N2O2/c1-19-6-11-7-20(8-12(19)10-22-9-11)16(21)5-13-14(17)3-2-4-15(13)18/h2-4,11-12H,5-10H2,1H3/t11-,12+/m1/s1. The van der Waals surface area contributed by atoms with Crippen molar-refractivity contribution in [1.82, 2.24) is 9.80 Å². The molecule has 22 heavy (non-hydrogen) atoms. The van der Waals surface area contributed by atoms with Crippen molar-refractivity contribution in [3.63, 3.8) is 0 Å². The molecular formula is C16H20F2N2O2.